The number of nitrogens with zero attached hydrogens (tertiary/aromatic N) is 2. The minimum atomic E-state index is -0.825. The van der Waals surface area contributed by atoms with E-state index in [1.807, 2.05) is 0 Å². The topological polar surface area (TPSA) is 139 Å². The van der Waals surface area contributed by atoms with Crippen molar-refractivity contribution in [3.8, 4) is 11.1 Å². The van der Waals surface area contributed by atoms with Gasteiger partial charge in [-0.2, -0.15) is 0 Å². The Morgan fingerprint density at radius 2 is 1.14 bits per heavy atom. The summed E-state index contributed by atoms with van der Waals surface area (Å²) >= 11 is 0. The monoisotopic (exact) mass is 388 g/mol. The number of nitro groups is 2. The molecule has 0 aliphatic rings. The van der Waals surface area contributed by atoms with Gasteiger partial charge in [-0.3, -0.25) is 20.2 Å². The zero-order valence-electron chi connectivity index (χ0n) is 15.0. The van der Waals surface area contributed by atoms with Gasteiger partial charge in [0.25, 0.3) is 11.4 Å². The van der Waals surface area contributed by atoms with E-state index in [0.717, 1.165) is 24.3 Å². The molecule has 2 rings (SSSR count). The van der Waals surface area contributed by atoms with Crippen LogP contribution in [0.2, 0.25) is 0 Å². The van der Waals surface area contributed by atoms with Gasteiger partial charge >= 0.3 is 11.9 Å². The van der Waals surface area contributed by atoms with E-state index in [4.69, 9.17) is 9.47 Å². The summed E-state index contributed by atoms with van der Waals surface area (Å²) in [6.07, 6.45) is 0. The molecule has 0 radical (unpaired) electrons. The molecule has 2 aromatic rings. The largest absolute Gasteiger partial charge is 0.462 e. The maximum absolute atomic E-state index is 12.3. The van der Waals surface area contributed by atoms with Crippen LogP contribution in [0.15, 0.2) is 36.4 Å². The van der Waals surface area contributed by atoms with Gasteiger partial charge in [-0.05, 0) is 37.1 Å². The predicted octanol–water partition coefficient (Wildman–Crippen LogP) is 3.52. The molecule has 0 aromatic heterocycles. The highest BCUT2D eigenvalue weighted by Gasteiger charge is 2.24. The van der Waals surface area contributed by atoms with E-state index in [0.29, 0.717) is 0 Å². The summed E-state index contributed by atoms with van der Waals surface area (Å²) in [6.45, 7) is 3.22. The highest BCUT2D eigenvalue weighted by molar-refractivity contribution is 6.04. The van der Waals surface area contributed by atoms with E-state index in [1.165, 1.54) is 12.1 Å². The molecule has 0 saturated carbocycles. The average Bonchev–Trinajstić information content (AvgIpc) is 2.67. The lowest BCUT2D eigenvalue weighted by molar-refractivity contribution is -0.385. The second-order valence-corrected chi connectivity index (χ2v) is 5.41. The third kappa shape index (κ3) is 4.29. The predicted molar refractivity (Wildman–Crippen MR) is 97.1 cm³/mol. The fraction of sp³-hybridized carbons (Fsp3) is 0.222. The Kier molecular flexibility index (Phi) is 6.38. The SMILES string of the molecule is CCOC(=O)c1cc([N+](=O)[O-])ccc1-c1ccc([N+](=O)[O-])cc1C(=O)OCC. The molecule has 0 unspecified atom stereocenters. The Morgan fingerprint density at radius 3 is 1.43 bits per heavy atom. The van der Waals surface area contributed by atoms with Gasteiger partial charge in [-0.15, -0.1) is 0 Å². The van der Waals surface area contributed by atoms with E-state index >= 15 is 0 Å². The van der Waals surface area contributed by atoms with Gasteiger partial charge in [0.05, 0.1) is 34.2 Å². The van der Waals surface area contributed by atoms with Crippen molar-refractivity contribution in [2.45, 2.75) is 13.8 Å². The van der Waals surface area contributed by atoms with E-state index in [1.54, 1.807) is 13.8 Å². The lowest BCUT2D eigenvalue weighted by Crippen LogP contribution is -2.11. The van der Waals surface area contributed by atoms with Gasteiger partial charge in [0.2, 0.25) is 0 Å². The molecule has 0 aliphatic carbocycles. The number of carbonyl (C=O) groups excluding carboxylic acids is 2. The Labute approximate surface area is 159 Å². The van der Waals surface area contributed by atoms with E-state index in [9.17, 15) is 29.8 Å². The summed E-state index contributed by atoms with van der Waals surface area (Å²) in [5, 5.41) is 22.1. The van der Waals surface area contributed by atoms with Gasteiger partial charge < -0.3 is 9.47 Å². The summed E-state index contributed by atoms with van der Waals surface area (Å²) in [5.41, 5.74) is -0.660. The van der Waals surface area contributed by atoms with Crippen LogP contribution >= 0.6 is 0 Å². The second-order valence-electron chi connectivity index (χ2n) is 5.41. The van der Waals surface area contributed by atoms with Gasteiger partial charge in [0.15, 0.2) is 0 Å². The van der Waals surface area contributed by atoms with Crippen LogP contribution in [-0.2, 0) is 9.47 Å². The molecule has 10 nitrogen and oxygen atoms in total. The lowest BCUT2D eigenvalue weighted by atomic mass is 9.94. The molecular weight excluding hydrogens is 372 g/mol. The first kappa shape index (κ1) is 20.5. The molecule has 2 aromatic carbocycles. The van der Waals surface area contributed by atoms with Gasteiger partial charge in [0.1, 0.15) is 0 Å². The van der Waals surface area contributed by atoms with Crippen molar-refractivity contribution in [3.05, 3.63) is 67.8 Å². The molecule has 10 heteroatoms. The first-order valence-corrected chi connectivity index (χ1v) is 8.21. The third-order valence-corrected chi connectivity index (χ3v) is 3.71. The minimum Gasteiger partial charge on any atom is -0.462 e. The Hall–Kier alpha value is -3.82. The van der Waals surface area contributed by atoms with Crippen molar-refractivity contribution >= 4 is 23.3 Å². The summed E-state index contributed by atoms with van der Waals surface area (Å²) < 4.78 is 9.90. The van der Waals surface area contributed by atoms with E-state index in [2.05, 4.69) is 0 Å². The molecule has 0 N–H and O–H groups in total. The smallest absolute Gasteiger partial charge is 0.339 e. The van der Waals surface area contributed by atoms with Crippen LogP contribution in [0.1, 0.15) is 34.6 Å². The van der Waals surface area contributed by atoms with Crippen molar-refractivity contribution in [1.29, 1.82) is 0 Å². The summed E-state index contributed by atoms with van der Waals surface area (Å²) in [7, 11) is 0. The molecule has 146 valence electrons. The van der Waals surface area contributed by atoms with Crippen LogP contribution in [-0.4, -0.2) is 35.0 Å². The number of esters is 2. The third-order valence-electron chi connectivity index (χ3n) is 3.71. The minimum absolute atomic E-state index is 0.0337. The van der Waals surface area contributed by atoms with Crippen molar-refractivity contribution in [3.63, 3.8) is 0 Å². The van der Waals surface area contributed by atoms with Crippen molar-refractivity contribution in [1.82, 2.24) is 0 Å². The number of rotatable bonds is 7. The van der Waals surface area contributed by atoms with Crippen LogP contribution < -0.4 is 0 Å². The number of hydrogen-bond acceptors (Lipinski definition) is 8. The quantitative estimate of drug-likeness (QED) is 0.399. The van der Waals surface area contributed by atoms with Crippen molar-refractivity contribution in [2.75, 3.05) is 13.2 Å². The summed E-state index contributed by atoms with van der Waals surface area (Å²) in [4.78, 5) is 45.4. The number of non-ortho nitro benzene ring substituents is 2. The fourth-order valence-electron chi connectivity index (χ4n) is 2.52. The Morgan fingerprint density at radius 1 is 0.786 bits per heavy atom. The number of hydrogen-bond donors (Lipinski definition) is 0. The normalized spacial score (nSPS) is 10.2. The van der Waals surface area contributed by atoms with Crippen LogP contribution in [0.25, 0.3) is 11.1 Å². The average molecular weight is 388 g/mol. The molecule has 0 aliphatic heterocycles. The molecule has 28 heavy (non-hydrogen) atoms. The first-order chi connectivity index (χ1) is 13.3. The zero-order chi connectivity index (χ0) is 20.8. The van der Waals surface area contributed by atoms with E-state index < -0.39 is 21.8 Å². The number of benzene rings is 2. The first-order valence-electron chi connectivity index (χ1n) is 8.21. The van der Waals surface area contributed by atoms with Crippen LogP contribution in [0.4, 0.5) is 11.4 Å². The number of ether oxygens (including phenoxy) is 2. The van der Waals surface area contributed by atoms with Gasteiger partial charge in [-0.25, -0.2) is 9.59 Å². The maximum atomic E-state index is 12.3. The zero-order valence-corrected chi connectivity index (χ0v) is 15.0. The van der Waals surface area contributed by atoms with Crippen molar-refractivity contribution in [2.24, 2.45) is 0 Å². The van der Waals surface area contributed by atoms with Gasteiger partial charge in [-0.1, -0.05) is 0 Å². The molecule has 0 bridgehead atoms. The van der Waals surface area contributed by atoms with Crippen LogP contribution in [0.3, 0.4) is 0 Å². The fourth-order valence-corrected chi connectivity index (χ4v) is 2.52. The molecule has 0 fully saturated rings. The standard InChI is InChI=1S/C18H16N2O8/c1-3-27-17(21)15-9-11(19(23)24)5-7-13(15)14-8-6-12(20(25)26)10-16(14)18(22)28-4-2/h5-10H,3-4H2,1-2H3. The van der Waals surface area contributed by atoms with Crippen LogP contribution in [0.5, 0.6) is 0 Å². The van der Waals surface area contributed by atoms with Crippen molar-refractivity contribution < 1.29 is 28.9 Å². The lowest BCUT2D eigenvalue weighted by Gasteiger charge is -2.13. The summed E-state index contributed by atoms with van der Waals surface area (Å²) in [6, 6.07) is 6.96. The van der Waals surface area contributed by atoms with E-state index in [-0.39, 0.29) is 46.8 Å². The highest BCUT2D eigenvalue weighted by Crippen LogP contribution is 2.33. The van der Waals surface area contributed by atoms with Gasteiger partial charge in [0, 0.05) is 24.3 Å². The molecule has 0 heterocycles. The number of carbonyl (C=O) groups is 2. The molecular formula is C18H16N2O8. The second kappa shape index (κ2) is 8.71. The molecule has 0 amide bonds. The maximum Gasteiger partial charge on any atom is 0.339 e. The Balaban J connectivity index is 2.75. The molecule has 0 saturated heterocycles. The highest BCUT2D eigenvalue weighted by atomic mass is 16.6. The van der Waals surface area contributed by atoms with Crippen LogP contribution in [0, 0.1) is 20.2 Å². The summed E-state index contributed by atoms with van der Waals surface area (Å²) in [5.74, 6) is -1.65. The molecule has 0 spiro atoms. The molecule has 0 atom stereocenters. The Bertz CT molecular complexity index is 877. The number of nitro benzene ring substituents is 2.